The van der Waals surface area contributed by atoms with Gasteiger partial charge in [0.2, 0.25) is 0 Å². The van der Waals surface area contributed by atoms with Crippen LogP contribution in [0, 0.1) is 29.9 Å². The first-order valence-corrected chi connectivity index (χ1v) is 11.1. The van der Waals surface area contributed by atoms with E-state index >= 15 is 0 Å². The summed E-state index contributed by atoms with van der Waals surface area (Å²) in [7, 11) is 0. The number of hydrogen-bond donors (Lipinski definition) is 2. The second-order valence-corrected chi connectivity index (χ2v) is 9.53. The maximum Gasteiger partial charge on any atom is 0.276 e. The first kappa shape index (κ1) is 21.0. The molecule has 0 aliphatic heterocycles. The maximum absolute atomic E-state index is 12.8. The van der Waals surface area contributed by atoms with Gasteiger partial charge in [-0.2, -0.15) is 0 Å². The summed E-state index contributed by atoms with van der Waals surface area (Å²) in [5.74, 6) is 0.551. The molecule has 2 N–H and O–H groups in total. The number of nitrogens with zero attached hydrogens (tertiary/aromatic N) is 1. The van der Waals surface area contributed by atoms with Gasteiger partial charge in [0.1, 0.15) is 18.0 Å². The minimum absolute atomic E-state index is 0.00788. The fourth-order valence-corrected chi connectivity index (χ4v) is 5.54. The average Bonchev–Trinajstić information content (AvgIpc) is 3.25. The maximum atomic E-state index is 12.8. The lowest BCUT2D eigenvalue weighted by atomic mass is 9.87. The van der Waals surface area contributed by atoms with Crippen molar-refractivity contribution in [2.24, 2.45) is 5.92 Å². The molecule has 2 aliphatic rings. The number of carbonyl (C=O) groups is 1. The number of rotatable bonds is 6. The molecule has 1 fully saturated rings. The molecule has 4 rings (SSSR count). The third kappa shape index (κ3) is 3.99. The summed E-state index contributed by atoms with van der Waals surface area (Å²) >= 11 is 1.70. The molecule has 1 aromatic carbocycles. The second-order valence-electron chi connectivity index (χ2n) is 8.19. The van der Waals surface area contributed by atoms with E-state index in [-0.39, 0.29) is 23.4 Å². The van der Waals surface area contributed by atoms with Gasteiger partial charge in [-0.1, -0.05) is 6.07 Å². The highest BCUT2D eigenvalue weighted by Gasteiger charge is 2.38. The molecule has 2 aromatic rings. The van der Waals surface area contributed by atoms with Crippen LogP contribution < -0.4 is 10.1 Å². The van der Waals surface area contributed by atoms with Crippen molar-refractivity contribution in [1.82, 2.24) is 5.32 Å². The molecule has 30 heavy (non-hydrogen) atoms. The first-order chi connectivity index (χ1) is 14.3. The van der Waals surface area contributed by atoms with Gasteiger partial charge in [0, 0.05) is 39.9 Å². The lowest BCUT2D eigenvalue weighted by molar-refractivity contribution is -0.385. The Balaban J connectivity index is 1.35. The monoisotopic (exact) mass is 430 g/mol. The number of benzene rings is 1. The summed E-state index contributed by atoms with van der Waals surface area (Å²) in [6, 6.07) is 6.56. The molecular formula is C22H26N2O5S. The van der Waals surface area contributed by atoms with Crippen LogP contribution in [0.5, 0.6) is 5.75 Å². The largest absolute Gasteiger partial charge is 0.487 e. The van der Waals surface area contributed by atoms with Crippen molar-refractivity contribution in [3.63, 3.8) is 0 Å². The zero-order valence-corrected chi connectivity index (χ0v) is 17.9. The van der Waals surface area contributed by atoms with E-state index in [4.69, 9.17) is 4.74 Å². The Morgan fingerprint density at radius 3 is 2.87 bits per heavy atom. The van der Waals surface area contributed by atoms with Gasteiger partial charge in [-0.25, -0.2) is 0 Å². The third-order valence-corrected chi connectivity index (χ3v) is 7.31. The number of nitro groups is 1. The molecule has 0 saturated heterocycles. The molecule has 4 atom stereocenters. The fourth-order valence-electron chi connectivity index (χ4n) is 4.49. The average molecular weight is 431 g/mol. The predicted octanol–water partition coefficient (Wildman–Crippen LogP) is 3.58. The van der Waals surface area contributed by atoms with Crippen LogP contribution in [-0.2, 0) is 6.42 Å². The number of nitrogens with one attached hydrogen (secondary N) is 1. The molecule has 1 saturated carbocycles. The first-order valence-electron chi connectivity index (χ1n) is 10.3. The number of ether oxygens (including phenoxy) is 1. The molecule has 7 nitrogen and oxygen atoms in total. The van der Waals surface area contributed by atoms with Crippen molar-refractivity contribution in [1.29, 1.82) is 0 Å². The van der Waals surface area contributed by atoms with E-state index in [0.717, 1.165) is 24.8 Å². The summed E-state index contributed by atoms with van der Waals surface area (Å²) in [6.45, 7) is 4.22. The highest BCUT2D eigenvalue weighted by Crippen LogP contribution is 2.33. The minimum Gasteiger partial charge on any atom is -0.487 e. The summed E-state index contributed by atoms with van der Waals surface area (Å²) in [4.78, 5) is 25.8. The van der Waals surface area contributed by atoms with Gasteiger partial charge in [0.25, 0.3) is 5.69 Å². The lowest BCUT2D eigenvalue weighted by Gasteiger charge is -2.26. The van der Waals surface area contributed by atoms with E-state index in [1.165, 1.54) is 15.8 Å². The van der Waals surface area contributed by atoms with E-state index in [9.17, 15) is 20.0 Å². The van der Waals surface area contributed by atoms with Gasteiger partial charge >= 0.3 is 0 Å². The number of carbonyl (C=O) groups excluding carboxylic acids is 1. The van der Waals surface area contributed by atoms with Gasteiger partial charge in [-0.3, -0.25) is 14.9 Å². The molecule has 0 bridgehead atoms. The summed E-state index contributed by atoms with van der Waals surface area (Å²) < 4.78 is 5.94. The topological polar surface area (TPSA) is 102 Å². The number of hydrogen-bond acceptors (Lipinski definition) is 7. The predicted molar refractivity (Wildman–Crippen MR) is 114 cm³/mol. The van der Waals surface area contributed by atoms with Crippen molar-refractivity contribution in [2.45, 2.75) is 57.8 Å². The van der Waals surface area contributed by atoms with Crippen LogP contribution in [0.3, 0.4) is 0 Å². The normalized spacial score (nSPS) is 25.9. The standard InChI is InChI=1S/C22H26N2O5S/c1-12-10-15-20(30-12)9-6-14(21(15)25)11-23-16-7-8-19(22(16)26)29-18-5-3-4-17(13(18)2)24(27)28/h3-5,10,14,16,19,22-23,26H,6-9,11H2,1-2H3. The third-order valence-electron chi connectivity index (χ3n) is 6.20. The van der Waals surface area contributed by atoms with E-state index in [1.54, 1.807) is 30.4 Å². The summed E-state index contributed by atoms with van der Waals surface area (Å²) in [5.41, 5.74) is 1.33. The number of aliphatic hydroxyl groups excluding tert-OH is 1. The van der Waals surface area contributed by atoms with Crippen LogP contribution in [0.15, 0.2) is 24.3 Å². The fraction of sp³-hybridized carbons (Fsp3) is 0.500. The molecule has 0 spiro atoms. The summed E-state index contributed by atoms with van der Waals surface area (Å²) in [5, 5.41) is 25.2. The second kappa shape index (κ2) is 8.45. The highest BCUT2D eigenvalue weighted by atomic mass is 32.1. The van der Waals surface area contributed by atoms with Crippen molar-refractivity contribution < 1.29 is 19.6 Å². The van der Waals surface area contributed by atoms with E-state index in [2.05, 4.69) is 5.32 Å². The number of nitro benzene ring substituents is 1. The molecule has 0 radical (unpaired) electrons. The smallest absolute Gasteiger partial charge is 0.276 e. The summed E-state index contributed by atoms with van der Waals surface area (Å²) in [6.07, 6.45) is 1.96. The molecule has 2 aliphatic carbocycles. The Morgan fingerprint density at radius 1 is 1.30 bits per heavy atom. The van der Waals surface area contributed by atoms with Gasteiger partial charge < -0.3 is 15.2 Å². The highest BCUT2D eigenvalue weighted by molar-refractivity contribution is 7.12. The molecule has 1 aromatic heterocycles. The van der Waals surface area contributed by atoms with Crippen LogP contribution >= 0.6 is 11.3 Å². The Morgan fingerprint density at radius 2 is 2.10 bits per heavy atom. The van der Waals surface area contributed by atoms with Crippen LogP contribution in [0.4, 0.5) is 5.69 Å². The molecule has 160 valence electrons. The van der Waals surface area contributed by atoms with Crippen molar-refractivity contribution >= 4 is 22.8 Å². The molecule has 1 heterocycles. The van der Waals surface area contributed by atoms with E-state index in [1.807, 2.05) is 13.0 Å². The van der Waals surface area contributed by atoms with Gasteiger partial charge in [-0.05, 0) is 51.7 Å². The molecule has 0 amide bonds. The van der Waals surface area contributed by atoms with Crippen LogP contribution in [-0.4, -0.2) is 40.6 Å². The Labute approximate surface area is 179 Å². The SMILES string of the molecule is Cc1cc2c(s1)CCC(CNC1CCC(Oc3cccc([N+](=O)[O-])c3C)C1O)C2=O. The molecule has 8 heteroatoms. The Kier molecular flexibility index (Phi) is 5.90. The number of Topliss-reactive ketones (excluding diaryl/α,β-unsaturated/α-hetero) is 1. The van der Waals surface area contributed by atoms with Crippen molar-refractivity contribution in [3.05, 3.63) is 55.3 Å². The lowest BCUT2D eigenvalue weighted by Crippen LogP contribution is -2.44. The number of aliphatic hydroxyl groups is 1. The minimum atomic E-state index is -0.735. The van der Waals surface area contributed by atoms with Gasteiger partial charge in [0.05, 0.1) is 10.5 Å². The zero-order chi connectivity index (χ0) is 21.4. The Bertz CT molecular complexity index is 972. The van der Waals surface area contributed by atoms with Crippen molar-refractivity contribution in [3.8, 4) is 5.75 Å². The van der Waals surface area contributed by atoms with Crippen LogP contribution in [0.2, 0.25) is 0 Å². The van der Waals surface area contributed by atoms with Gasteiger partial charge in [-0.15, -0.1) is 11.3 Å². The van der Waals surface area contributed by atoms with Crippen LogP contribution in [0.1, 0.15) is 44.9 Å². The van der Waals surface area contributed by atoms with Crippen molar-refractivity contribution in [2.75, 3.05) is 6.54 Å². The molecular weight excluding hydrogens is 404 g/mol. The van der Waals surface area contributed by atoms with Gasteiger partial charge in [0.15, 0.2) is 5.78 Å². The number of thiophene rings is 1. The Hall–Kier alpha value is -2.29. The number of ketones is 1. The quantitative estimate of drug-likeness (QED) is 0.537. The number of aryl methyl sites for hydroxylation is 2. The van der Waals surface area contributed by atoms with E-state index in [0.29, 0.717) is 24.3 Å². The number of fused-ring (bicyclic) bond motifs is 1. The molecule has 4 unspecified atom stereocenters. The van der Waals surface area contributed by atoms with E-state index < -0.39 is 17.1 Å². The zero-order valence-electron chi connectivity index (χ0n) is 17.1. The van der Waals surface area contributed by atoms with Crippen LogP contribution in [0.25, 0.3) is 0 Å².